The lowest BCUT2D eigenvalue weighted by Gasteiger charge is -2.47. The molecule has 2 aliphatic carbocycles. The number of esters is 2. The smallest absolute Gasteiger partial charge is 0.459 e. The molecule has 0 bridgehead atoms. The number of rotatable bonds is 23. The first-order valence-electron chi connectivity index (χ1n) is 37.5. The van der Waals surface area contributed by atoms with Crippen LogP contribution in [0.3, 0.4) is 0 Å². The lowest BCUT2D eigenvalue weighted by atomic mass is 9.69. The minimum atomic E-state index is -6.11. The zero-order chi connectivity index (χ0) is 74.6. The zero-order valence-electron chi connectivity index (χ0n) is 64.6. The molecule has 0 aromatic heterocycles. The lowest BCUT2D eigenvalue weighted by Crippen LogP contribution is -2.52. The van der Waals surface area contributed by atoms with Crippen molar-refractivity contribution in [1.29, 1.82) is 0 Å². The molecule has 566 valence electrons. The highest BCUT2D eigenvalue weighted by atomic mass is 32.2. The van der Waals surface area contributed by atoms with E-state index < -0.39 is 50.8 Å². The Balaban J connectivity index is 0.000000270. The van der Waals surface area contributed by atoms with Crippen molar-refractivity contribution in [1.82, 2.24) is 20.0 Å². The summed E-state index contributed by atoms with van der Waals surface area (Å²) >= 11 is 0. The number of benzene rings is 2. The first-order chi connectivity index (χ1) is 46.3. The van der Waals surface area contributed by atoms with Crippen LogP contribution in [0.2, 0.25) is 0 Å². The van der Waals surface area contributed by atoms with Crippen LogP contribution in [0.15, 0.2) is 58.5 Å². The van der Waals surface area contributed by atoms with Crippen molar-refractivity contribution in [2.75, 3.05) is 39.4 Å². The number of nitrogens with zero attached hydrogens (tertiary/aromatic N) is 5. The molecule has 2 amide bonds. The Labute approximate surface area is 599 Å². The molecule has 2 spiro atoms. The van der Waals surface area contributed by atoms with Gasteiger partial charge in [0, 0.05) is 32.8 Å². The van der Waals surface area contributed by atoms with Gasteiger partial charge in [0.25, 0.3) is 11.8 Å². The maximum absolute atomic E-state index is 14.8. The van der Waals surface area contributed by atoms with Crippen molar-refractivity contribution >= 4 is 45.6 Å². The van der Waals surface area contributed by atoms with E-state index in [0.29, 0.717) is 79.0 Å². The van der Waals surface area contributed by atoms with Crippen LogP contribution in [0, 0.1) is 45.3 Å². The number of amidine groups is 1. The van der Waals surface area contributed by atoms with Gasteiger partial charge in [-0.2, -0.15) is 21.6 Å². The molecule has 21 heteroatoms. The van der Waals surface area contributed by atoms with Crippen molar-refractivity contribution in [2.45, 2.75) is 307 Å². The predicted octanol–water partition coefficient (Wildman–Crippen LogP) is 17.8. The summed E-state index contributed by atoms with van der Waals surface area (Å²) in [6.45, 7) is 47.9. The fourth-order valence-corrected chi connectivity index (χ4v) is 15.0. The van der Waals surface area contributed by atoms with Crippen molar-refractivity contribution in [3.63, 3.8) is 0 Å². The van der Waals surface area contributed by atoms with E-state index in [0.717, 1.165) is 102 Å². The molecule has 4 fully saturated rings. The fraction of sp³-hybridized carbons (Fsp3) is 0.772. The second-order valence-corrected chi connectivity index (χ2v) is 36.6. The minimum Gasteiger partial charge on any atom is -0.459 e. The van der Waals surface area contributed by atoms with Crippen LogP contribution in [0.1, 0.15) is 298 Å². The van der Waals surface area contributed by atoms with Crippen molar-refractivity contribution in [3.8, 4) is 0 Å². The number of ether oxygens (including phenoxy) is 4. The summed E-state index contributed by atoms with van der Waals surface area (Å²) in [5, 5.41) is 3.30. The van der Waals surface area contributed by atoms with Crippen molar-refractivity contribution in [3.05, 3.63) is 70.8 Å². The summed E-state index contributed by atoms with van der Waals surface area (Å²) in [5.74, 6) is 0.158. The van der Waals surface area contributed by atoms with Gasteiger partial charge in [-0.3, -0.25) is 9.59 Å². The van der Waals surface area contributed by atoms with Gasteiger partial charge in [-0.05, 0) is 231 Å². The predicted molar refractivity (Wildman–Crippen MR) is 391 cm³/mol. The normalized spacial score (nSPS) is 23.9. The molecule has 1 N–H and O–H groups in total. The number of alkyl halides is 3. The number of likely N-dealkylation sites (tertiary alicyclic amines) is 1. The zero-order valence-corrected chi connectivity index (χ0v) is 65.4. The average Bonchev–Trinajstić information content (AvgIpc) is 1.57. The Bertz CT molecular complexity index is 3140. The van der Waals surface area contributed by atoms with E-state index >= 15 is 0 Å². The van der Waals surface area contributed by atoms with Crippen LogP contribution in [-0.4, -0.2) is 139 Å². The molecule has 0 radical (unpaired) electrons. The third kappa shape index (κ3) is 24.0. The second-order valence-electron chi connectivity index (χ2n) is 35.1. The number of hydrogen-bond acceptors (Lipinski definition) is 15. The van der Waals surface area contributed by atoms with Crippen LogP contribution in [0.5, 0.6) is 0 Å². The van der Waals surface area contributed by atoms with E-state index in [1.165, 1.54) is 30.6 Å². The van der Waals surface area contributed by atoms with Gasteiger partial charge in [0.05, 0.1) is 47.6 Å². The minimum absolute atomic E-state index is 0.0379. The maximum Gasteiger partial charge on any atom is 0.534 e. The number of aliphatic imine (C=N–C) groups is 2. The Morgan fingerprint density at radius 3 is 1.35 bits per heavy atom. The van der Waals surface area contributed by atoms with Gasteiger partial charge < -0.3 is 43.1 Å². The fourth-order valence-electron chi connectivity index (χ4n) is 14.6. The van der Waals surface area contributed by atoms with Gasteiger partial charge >= 0.3 is 33.5 Å². The van der Waals surface area contributed by atoms with Gasteiger partial charge in [0.1, 0.15) is 11.3 Å². The molecule has 2 unspecified atom stereocenters. The van der Waals surface area contributed by atoms with E-state index in [9.17, 15) is 40.8 Å². The first kappa shape index (κ1) is 83.8. The number of carbonyl (C=O) groups excluding carboxylic acids is 4. The number of amides is 2. The largest absolute Gasteiger partial charge is 0.534 e. The molecular formula is C79H127F3N6O11S. The lowest BCUT2D eigenvalue weighted by molar-refractivity contribution is -0.135. The molecule has 4 aliphatic heterocycles. The number of halogens is 3. The van der Waals surface area contributed by atoms with Crippen LogP contribution < -0.4 is 5.32 Å². The van der Waals surface area contributed by atoms with Gasteiger partial charge in [-0.1, -0.05) is 135 Å². The number of nitrogens with one attached hydrogen (secondary N) is 1. The first-order valence-corrected chi connectivity index (χ1v) is 38.9. The summed E-state index contributed by atoms with van der Waals surface area (Å²) in [7, 11) is -6.11. The molecule has 4 atom stereocenters. The molecule has 6 aliphatic rings. The third-order valence-electron chi connectivity index (χ3n) is 20.6. The summed E-state index contributed by atoms with van der Waals surface area (Å²) < 4.78 is 90.8. The summed E-state index contributed by atoms with van der Waals surface area (Å²) in [6.07, 6.45) is 15.7. The average molecular weight is 1430 g/mol. The van der Waals surface area contributed by atoms with E-state index in [1.54, 1.807) is 38.1 Å². The molecule has 2 saturated heterocycles. The Kier molecular flexibility index (Phi) is 29.4. The SMILES string of the molecule is CC(C)CCCOC1CCN(C2=NC3(CCC(C(C)(C)C)CC3)N([C@H](CCC(C)(C)C)c3ccc(C(=O)OC(C)C)cc3)C2=O)C1.CC(C)CCCOC1CCNC1.CC(C)OC(=O)c1ccc([C@@H](CCC(C)(C)C)N2C(=O)C(OS(=O)(=O)C(F)(F)F)=NC23CCC(C(C)(C)C)CC3)cc1. The highest BCUT2D eigenvalue weighted by Crippen LogP contribution is 2.53. The Morgan fingerprint density at radius 1 is 0.570 bits per heavy atom. The van der Waals surface area contributed by atoms with Crippen LogP contribution in [0.4, 0.5) is 13.2 Å². The highest BCUT2D eigenvalue weighted by Gasteiger charge is 2.58. The van der Waals surface area contributed by atoms with Gasteiger partial charge in [0.15, 0.2) is 5.84 Å². The molecule has 2 saturated carbocycles. The quantitative estimate of drug-likeness (QED) is 0.0478. The number of hydrogen-bond donors (Lipinski definition) is 1. The Morgan fingerprint density at radius 2 is 0.980 bits per heavy atom. The summed E-state index contributed by atoms with van der Waals surface area (Å²) in [5.41, 5.74) is -4.85. The second kappa shape index (κ2) is 35.1. The van der Waals surface area contributed by atoms with Crippen molar-refractivity contribution in [2.24, 2.45) is 55.3 Å². The van der Waals surface area contributed by atoms with E-state index in [4.69, 9.17) is 23.9 Å². The number of carbonyl (C=O) groups is 4. The summed E-state index contributed by atoms with van der Waals surface area (Å²) in [6, 6.07) is 13.5. The molecule has 2 aromatic rings. The van der Waals surface area contributed by atoms with E-state index in [-0.39, 0.29) is 63.8 Å². The van der Waals surface area contributed by atoms with E-state index in [2.05, 4.69) is 114 Å². The molecule has 4 heterocycles. The topological polar surface area (TPSA) is 195 Å². The molecule has 100 heavy (non-hydrogen) atoms. The van der Waals surface area contributed by atoms with Crippen molar-refractivity contribution < 1.29 is 63.9 Å². The maximum atomic E-state index is 14.8. The Hall–Kier alpha value is -5.12. The van der Waals surface area contributed by atoms with Gasteiger partial charge in [-0.25, -0.2) is 19.6 Å². The van der Waals surface area contributed by atoms with Gasteiger partial charge in [0.2, 0.25) is 0 Å². The third-order valence-corrected chi connectivity index (χ3v) is 21.5. The molecule has 8 rings (SSSR count). The van der Waals surface area contributed by atoms with Crippen LogP contribution >= 0.6 is 0 Å². The molecular weight excluding hydrogens is 1300 g/mol. The summed E-state index contributed by atoms with van der Waals surface area (Å²) in [4.78, 5) is 69.3. The molecule has 17 nitrogen and oxygen atoms in total. The standard InChI is InChI=1S/C39H63N3O4.C30H43F3N2O6S.C10H21NO/c1-27(2)12-11-25-45-32-20-24-41(26-32)34-35(43)42(39(40-34)22-17-31(18-23-39)38(8,9)10)33(19-21-37(5,6)7)29-13-15-30(16-14-29)36(44)46-28(3)4;1-19(2)40-26(37)21-11-9-20(10-12-21)23(15-16-27(3,4)5)35-25(36)24(41-42(38,39)30(31,32)33)34-29(35)17-13-22(14-18-29)28(6,7)8;1-9(2)4-3-7-12-10-5-6-11-8-10/h13-16,27-28,31-33H,11-12,17-26H2,1-10H3;9-12,19,22-23H,13-18H2,1-8H3;9-11H,3-8H2,1-2H3/t31?,32?,33-,39?;22?,23-,29?;/m11./s1. The van der Waals surface area contributed by atoms with Crippen LogP contribution in [-0.2, 0) is 42.8 Å². The van der Waals surface area contributed by atoms with E-state index in [1.807, 2.05) is 58.9 Å². The van der Waals surface area contributed by atoms with Gasteiger partial charge in [-0.15, -0.1) is 0 Å². The molecule has 2 aromatic carbocycles. The highest BCUT2D eigenvalue weighted by molar-refractivity contribution is 7.88. The monoisotopic (exact) mass is 1420 g/mol. The van der Waals surface area contributed by atoms with Crippen LogP contribution in [0.25, 0.3) is 0 Å².